The molecule has 118 valence electrons. The lowest BCUT2D eigenvalue weighted by Gasteiger charge is -2.25. The number of hydrogen-bond donors (Lipinski definition) is 0. The predicted octanol–water partition coefficient (Wildman–Crippen LogP) is 4.76. The zero-order valence-electron chi connectivity index (χ0n) is 14.1. The molecule has 0 spiro atoms. The smallest absolute Gasteiger partial charge is 0.227 e. The van der Waals surface area contributed by atoms with Gasteiger partial charge < -0.3 is 4.90 Å². The topological polar surface area (TPSA) is 20.3 Å². The molecule has 0 aromatic heterocycles. The molecule has 2 aromatic rings. The maximum absolute atomic E-state index is 12.5. The number of amides is 1. The molecule has 2 heteroatoms. The van der Waals surface area contributed by atoms with Crippen LogP contribution in [0.4, 0.5) is 5.69 Å². The Kier molecular flexibility index (Phi) is 6.00. The summed E-state index contributed by atoms with van der Waals surface area (Å²) in [4.78, 5) is 14.4. The van der Waals surface area contributed by atoms with Gasteiger partial charge in [0.2, 0.25) is 5.91 Å². The number of rotatable bonds is 2. The SMILES string of the molecule is CC.CCCC(=O)N1Cc2ccccc2C#Cc2ccccc21. The standard InChI is InChI=1S/C19H17NO.C2H6/c1-2-7-19(21)20-14-17-10-4-3-8-15(17)12-13-16-9-5-6-11-18(16)20;1-2/h3-6,8-11H,2,7,14H2,1H3;1-2H3. The second-order valence-electron chi connectivity index (χ2n) is 5.15. The minimum Gasteiger partial charge on any atom is -0.307 e. The molecule has 0 radical (unpaired) electrons. The van der Waals surface area contributed by atoms with Gasteiger partial charge in [0.15, 0.2) is 0 Å². The number of fused-ring (bicyclic) bond motifs is 2. The highest BCUT2D eigenvalue weighted by Gasteiger charge is 2.20. The fourth-order valence-corrected chi connectivity index (χ4v) is 2.56. The van der Waals surface area contributed by atoms with Gasteiger partial charge in [-0.05, 0) is 30.2 Å². The van der Waals surface area contributed by atoms with E-state index in [2.05, 4.69) is 11.8 Å². The summed E-state index contributed by atoms with van der Waals surface area (Å²) in [6.45, 7) is 6.61. The van der Waals surface area contributed by atoms with E-state index >= 15 is 0 Å². The van der Waals surface area contributed by atoms with Crippen LogP contribution >= 0.6 is 0 Å². The Labute approximate surface area is 139 Å². The summed E-state index contributed by atoms with van der Waals surface area (Å²) in [6, 6.07) is 15.9. The zero-order chi connectivity index (χ0) is 16.7. The Morgan fingerprint density at radius 3 is 2.35 bits per heavy atom. The average Bonchev–Trinajstić information content (AvgIpc) is 2.59. The first-order valence-corrected chi connectivity index (χ1v) is 8.29. The van der Waals surface area contributed by atoms with Crippen molar-refractivity contribution in [1.29, 1.82) is 0 Å². The van der Waals surface area contributed by atoms with Crippen LogP contribution in [0.5, 0.6) is 0 Å². The molecule has 1 aliphatic heterocycles. The van der Waals surface area contributed by atoms with E-state index in [1.807, 2.05) is 74.2 Å². The van der Waals surface area contributed by atoms with E-state index in [1.165, 1.54) is 0 Å². The number of benzene rings is 2. The monoisotopic (exact) mass is 305 g/mol. The maximum atomic E-state index is 12.5. The van der Waals surface area contributed by atoms with Crippen LogP contribution in [0.25, 0.3) is 0 Å². The summed E-state index contributed by atoms with van der Waals surface area (Å²) in [5.74, 6) is 6.59. The van der Waals surface area contributed by atoms with Gasteiger partial charge in [0.05, 0.1) is 12.2 Å². The predicted molar refractivity (Wildman–Crippen MR) is 96.3 cm³/mol. The van der Waals surface area contributed by atoms with E-state index in [0.29, 0.717) is 13.0 Å². The fourth-order valence-electron chi connectivity index (χ4n) is 2.56. The lowest BCUT2D eigenvalue weighted by Crippen LogP contribution is -2.31. The van der Waals surface area contributed by atoms with Crippen LogP contribution in [-0.2, 0) is 11.3 Å². The molecule has 2 nitrogen and oxygen atoms in total. The minimum atomic E-state index is 0.156. The Hall–Kier alpha value is -2.53. The van der Waals surface area contributed by atoms with Crippen molar-refractivity contribution in [2.75, 3.05) is 4.90 Å². The van der Waals surface area contributed by atoms with Crippen LogP contribution in [-0.4, -0.2) is 5.91 Å². The summed E-state index contributed by atoms with van der Waals surface area (Å²) >= 11 is 0. The minimum absolute atomic E-state index is 0.156. The van der Waals surface area contributed by atoms with Crippen molar-refractivity contribution in [3.05, 3.63) is 65.2 Å². The molecule has 1 amide bonds. The third kappa shape index (κ3) is 3.81. The first-order valence-electron chi connectivity index (χ1n) is 8.29. The molecule has 1 heterocycles. The summed E-state index contributed by atoms with van der Waals surface area (Å²) in [6.07, 6.45) is 1.41. The Bertz CT molecular complexity index is 737. The van der Waals surface area contributed by atoms with E-state index < -0.39 is 0 Å². The van der Waals surface area contributed by atoms with Crippen LogP contribution in [0.2, 0.25) is 0 Å². The third-order valence-electron chi connectivity index (χ3n) is 3.64. The number of carbonyl (C=O) groups is 1. The van der Waals surface area contributed by atoms with Crippen molar-refractivity contribution in [3.8, 4) is 11.8 Å². The molecule has 0 saturated carbocycles. The zero-order valence-corrected chi connectivity index (χ0v) is 14.1. The average molecular weight is 305 g/mol. The van der Waals surface area contributed by atoms with Crippen LogP contribution in [0.15, 0.2) is 48.5 Å². The van der Waals surface area contributed by atoms with Crippen LogP contribution in [0, 0.1) is 11.8 Å². The quantitative estimate of drug-likeness (QED) is 0.733. The van der Waals surface area contributed by atoms with Crippen LogP contribution < -0.4 is 4.90 Å². The van der Waals surface area contributed by atoms with E-state index in [-0.39, 0.29) is 5.91 Å². The van der Waals surface area contributed by atoms with Gasteiger partial charge in [-0.2, -0.15) is 0 Å². The first-order chi connectivity index (χ1) is 11.3. The first kappa shape index (κ1) is 16.8. The molecule has 1 aliphatic rings. The fraction of sp³-hybridized carbons (Fsp3) is 0.286. The molecule has 2 aromatic carbocycles. The second kappa shape index (κ2) is 8.19. The highest BCUT2D eigenvalue weighted by Crippen LogP contribution is 2.25. The molecule has 0 bridgehead atoms. The van der Waals surface area contributed by atoms with Gasteiger partial charge in [0.25, 0.3) is 0 Å². The van der Waals surface area contributed by atoms with E-state index in [0.717, 1.165) is 28.8 Å². The van der Waals surface area contributed by atoms with E-state index in [4.69, 9.17) is 0 Å². The maximum Gasteiger partial charge on any atom is 0.227 e. The molecule has 0 aliphatic carbocycles. The van der Waals surface area contributed by atoms with Gasteiger partial charge >= 0.3 is 0 Å². The third-order valence-corrected chi connectivity index (χ3v) is 3.64. The van der Waals surface area contributed by atoms with Crippen molar-refractivity contribution in [2.24, 2.45) is 0 Å². The normalized spacial score (nSPS) is 11.5. The van der Waals surface area contributed by atoms with Crippen LogP contribution in [0.1, 0.15) is 50.3 Å². The molecule has 0 N–H and O–H groups in total. The van der Waals surface area contributed by atoms with Crippen molar-refractivity contribution in [1.82, 2.24) is 0 Å². The summed E-state index contributed by atoms with van der Waals surface area (Å²) in [5.41, 5.74) is 3.93. The second-order valence-corrected chi connectivity index (χ2v) is 5.15. The molecule has 23 heavy (non-hydrogen) atoms. The molecular formula is C21H23NO. The number of carbonyl (C=O) groups excluding carboxylic acids is 1. The molecule has 0 unspecified atom stereocenters. The summed E-state index contributed by atoms with van der Waals surface area (Å²) in [7, 11) is 0. The molecule has 3 rings (SSSR count). The van der Waals surface area contributed by atoms with E-state index in [9.17, 15) is 4.79 Å². The van der Waals surface area contributed by atoms with Gasteiger partial charge in [-0.1, -0.05) is 62.9 Å². The Balaban J connectivity index is 0.000000924. The summed E-state index contributed by atoms with van der Waals surface area (Å²) in [5, 5.41) is 0. The highest BCUT2D eigenvalue weighted by atomic mass is 16.2. The summed E-state index contributed by atoms with van der Waals surface area (Å²) < 4.78 is 0. The van der Waals surface area contributed by atoms with Gasteiger partial charge in [-0.3, -0.25) is 4.79 Å². The largest absolute Gasteiger partial charge is 0.307 e. The molecular weight excluding hydrogens is 282 g/mol. The lowest BCUT2D eigenvalue weighted by molar-refractivity contribution is -0.118. The van der Waals surface area contributed by atoms with Crippen molar-refractivity contribution in [2.45, 2.75) is 40.2 Å². The van der Waals surface area contributed by atoms with Gasteiger partial charge in [0.1, 0.15) is 0 Å². The van der Waals surface area contributed by atoms with Crippen LogP contribution in [0.3, 0.4) is 0 Å². The van der Waals surface area contributed by atoms with Gasteiger partial charge in [-0.25, -0.2) is 0 Å². The lowest BCUT2D eigenvalue weighted by atomic mass is 10.0. The molecule has 0 fully saturated rings. The van der Waals surface area contributed by atoms with Crippen molar-refractivity contribution < 1.29 is 4.79 Å². The van der Waals surface area contributed by atoms with Gasteiger partial charge in [0, 0.05) is 17.5 Å². The number of para-hydroxylation sites is 1. The van der Waals surface area contributed by atoms with Crippen molar-refractivity contribution in [3.63, 3.8) is 0 Å². The highest BCUT2D eigenvalue weighted by molar-refractivity contribution is 5.95. The number of nitrogens with zero attached hydrogens (tertiary/aromatic N) is 1. The van der Waals surface area contributed by atoms with Crippen molar-refractivity contribution >= 4 is 11.6 Å². The van der Waals surface area contributed by atoms with Gasteiger partial charge in [-0.15, -0.1) is 0 Å². The number of anilines is 1. The molecule has 0 atom stereocenters. The Morgan fingerprint density at radius 1 is 1.00 bits per heavy atom. The number of hydrogen-bond acceptors (Lipinski definition) is 1. The molecule has 0 saturated heterocycles. The Morgan fingerprint density at radius 2 is 1.61 bits per heavy atom. The van der Waals surface area contributed by atoms with E-state index in [1.54, 1.807) is 0 Å².